The van der Waals surface area contributed by atoms with Crippen LogP contribution >= 0.6 is 11.8 Å². The van der Waals surface area contributed by atoms with Gasteiger partial charge in [-0.3, -0.25) is 10.2 Å². The van der Waals surface area contributed by atoms with Crippen molar-refractivity contribution in [1.82, 2.24) is 20.8 Å². The van der Waals surface area contributed by atoms with E-state index in [-0.39, 0.29) is 35.6 Å². The number of hydrazone groups is 1. The molecular formula is C23H25FN6OS. The number of aryl methyl sites for hydroxylation is 2. The van der Waals surface area contributed by atoms with Crippen molar-refractivity contribution in [2.24, 2.45) is 5.10 Å². The molecule has 0 spiro atoms. The molecule has 0 aliphatic carbocycles. The summed E-state index contributed by atoms with van der Waals surface area (Å²) in [6.07, 6.45) is 4.92. The molecule has 3 atom stereocenters. The number of carbonyl (C=O) groups excluding carboxylic acids is 1. The summed E-state index contributed by atoms with van der Waals surface area (Å²) in [4.78, 5) is 14.4. The molecule has 3 aliphatic rings. The standard InChI is InChI=1S/C23H25FN6OS/c1-14-7-8-15(2)16(11-14)19-12-20-22-26-27-23(29(22)9-10-30(20)28-19)32-13-21(31)25-18-6-4-3-5-17(18)24/h3-11,19-20,22,26,28H,12-13H2,1-2H3,(H,25,31). The molecule has 5 rings (SSSR count). The van der Waals surface area contributed by atoms with Crippen LogP contribution in [0.15, 0.2) is 60.0 Å². The number of amides is 1. The van der Waals surface area contributed by atoms with Crippen LogP contribution in [-0.4, -0.2) is 38.9 Å². The van der Waals surface area contributed by atoms with Crippen LogP contribution in [0.3, 0.4) is 0 Å². The van der Waals surface area contributed by atoms with Gasteiger partial charge < -0.3 is 15.2 Å². The van der Waals surface area contributed by atoms with E-state index in [1.165, 1.54) is 34.5 Å². The smallest absolute Gasteiger partial charge is 0.234 e. The summed E-state index contributed by atoms with van der Waals surface area (Å²) < 4.78 is 13.8. The Hall–Kier alpha value is -3.04. The molecule has 1 amide bonds. The van der Waals surface area contributed by atoms with E-state index in [1.807, 2.05) is 12.4 Å². The van der Waals surface area contributed by atoms with Crippen LogP contribution in [0, 0.1) is 19.7 Å². The highest BCUT2D eigenvalue weighted by Crippen LogP contribution is 2.36. The Morgan fingerprint density at radius 1 is 1.25 bits per heavy atom. The molecule has 1 saturated heterocycles. The lowest BCUT2D eigenvalue weighted by molar-refractivity contribution is -0.113. The number of thioether (sulfide) groups is 1. The quantitative estimate of drug-likeness (QED) is 0.660. The molecule has 7 nitrogen and oxygen atoms in total. The number of anilines is 1. The highest BCUT2D eigenvalue weighted by atomic mass is 32.2. The van der Waals surface area contributed by atoms with E-state index in [0.29, 0.717) is 0 Å². The molecule has 3 aliphatic heterocycles. The molecule has 166 valence electrons. The minimum atomic E-state index is -0.447. The van der Waals surface area contributed by atoms with Crippen LogP contribution in [0.5, 0.6) is 0 Å². The molecule has 0 saturated carbocycles. The van der Waals surface area contributed by atoms with E-state index < -0.39 is 5.82 Å². The zero-order chi connectivity index (χ0) is 22.2. The predicted molar refractivity (Wildman–Crippen MR) is 125 cm³/mol. The number of para-hydroxylation sites is 1. The Bertz CT molecular complexity index is 1110. The molecule has 2 aromatic carbocycles. The fraction of sp³-hybridized carbons (Fsp3) is 0.304. The molecule has 3 N–H and O–H groups in total. The predicted octanol–water partition coefficient (Wildman–Crippen LogP) is 3.42. The Balaban J connectivity index is 1.21. The number of hydrogen-bond donors (Lipinski definition) is 3. The number of halogens is 1. The van der Waals surface area contributed by atoms with Gasteiger partial charge in [-0.15, -0.1) is 0 Å². The Morgan fingerprint density at radius 3 is 2.94 bits per heavy atom. The lowest BCUT2D eigenvalue weighted by atomic mass is 9.95. The van der Waals surface area contributed by atoms with Gasteiger partial charge in [0.2, 0.25) is 5.91 Å². The second-order valence-electron chi connectivity index (χ2n) is 8.24. The summed E-state index contributed by atoms with van der Waals surface area (Å²) in [5.41, 5.74) is 10.9. The van der Waals surface area contributed by atoms with Crippen molar-refractivity contribution in [2.45, 2.75) is 38.5 Å². The molecule has 3 unspecified atom stereocenters. The molecule has 0 aromatic heterocycles. The Kier molecular flexibility index (Phi) is 5.52. The van der Waals surface area contributed by atoms with Gasteiger partial charge in [0.15, 0.2) is 5.17 Å². The van der Waals surface area contributed by atoms with E-state index in [9.17, 15) is 9.18 Å². The monoisotopic (exact) mass is 452 g/mol. The van der Waals surface area contributed by atoms with Gasteiger partial charge in [-0.25, -0.2) is 9.82 Å². The molecule has 32 heavy (non-hydrogen) atoms. The third-order valence-electron chi connectivity index (χ3n) is 6.00. The van der Waals surface area contributed by atoms with Crippen molar-refractivity contribution in [3.8, 4) is 0 Å². The highest BCUT2D eigenvalue weighted by Gasteiger charge is 2.44. The molecule has 0 bridgehead atoms. The summed E-state index contributed by atoms with van der Waals surface area (Å²) in [5, 5.41) is 9.95. The van der Waals surface area contributed by atoms with Crippen molar-refractivity contribution in [1.29, 1.82) is 0 Å². The number of rotatable bonds is 4. The first-order valence-corrected chi connectivity index (χ1v) is 11.6. The third-order valence-corrected chi connectivity index (χ3v) is 6.96. The maximum Gasteiger partial charge on any atom is 0.234 e. The van der Waals surface area contributed by atoms with Crippen molar-refractivity contribution in [3.63, 3.8) is 0 Å². The topological polar surface area (TPSA) is 72.0 Å². The van der Waals surface area contributed by atoms with E-state index in [4.69, 9.17) is 0 Å². The highest BCUT2D eigenvalue weighted by molar-refractivity contribution is 8.14. The summed E-state index contributed by atoms with van der Waals surface area (Å²) in [6, 6.07) is 13.1. The number of hydrazine groups is 1. The lowest BCUT2D eigenvalue weighted by Gasteiger charge is -2.36. The Morgan fingerprint density at radius 2 is 2.09 bits per heavy atom. The van der Waals surface area contributed by atoms with Gasteiger partial charge in [0.05, 0.1) is 23.5 Å². The second kappa shape index (κ2) is 8.48. The molecule has 0 radical (unpaired) electrons. The first-order valence-electron chi connectivity index (χ1n) is 10.6. The number of fused-ring (bicyclic) bond motifs is 3. The van der Waals surface area contributed by atoms with Crippen molar-refractivity contribution in [2.75, 3.05) is 11.1 Å². The first kappa shape index (κ1) is 20.8. The van der Waals surface area contributed by atoms with Crippen LogP contribution in [-0.2, 0) is 4.79 Å². The average molecular weight is 453 g/mol. The average Bonchev–Trinajstić information content (AvgIpc) is 3.39. The van der Waals surface area contributed by atoms with Crippen molar-refractivity contribution < 1.29 is 9.18 Å². The summed E-state index contributed by atoms with van der Waals surface area (Å²) in [7, 11) is 0. The van der Waals surface area contributed by atoms with Crippen LogP contribution in [0.2, 0.25) is 0 Å². The van der Waals surface area contributed by atoms with Crippen LogP contribution in [0.25, 0.3) is 0 Å². The molecule has 2 aromatic rings. The number of hydrogen-bond acceptors (Lipinski definition) is 7. The Labute approximate surface area is 190 Å². The van der Waals surface area contributed by atoms with Gasteiger partial charge in [0, 0.05) is 12.4 Å². The van der Waals surface area contributed by atoms with Gasteiger partial charge in [-0.1, -0.05) is 47.7 Å². The summed E-state index contributed by atoms with van der Waals surface area (Å²) in [6.45, 7) is 4.26. The molecule has 9 heteroatoms. The van der Waals surface area contributed by atoms with Gasteiger partial charge in [-0.2, -0.15) is 5.10 Å². The maximum atomic E-state index is 13.8. The minimum Gasteiger partial charge on any atom is -0.323 e. The number of amidine groups is 1. The fourth-order valence-corrected chi connectivity index (χ4v) is 5.14. The van der Waals surface area contributed by atoms with E-state index in [0.717, 1.165) is 11.6 Å². The largest absolute Gasteiger partial charge is 0.323 e. The SMILES string of the molecule is Cc1ccc(C)c(C2CC3C4NN=C(SCC(=O)Nc5ccccc5F)N4C=CN3N2)c1. The lowest BCUT2D eigenvalue weighted by Crippen LogP contribution is -2.54. The van der Waals surface area contributed by atoms with Crippen molar-refractivity contribution >= 4 is 28.5 Å². The normalized spacial score (nSPS) is 23.5. The zero-order valence-corrected chi connectivity index (χ0v) is 18.7. The number of carbonyl (C=O) groups is 1. The summed E-state index contributed by atoms with van der Waals surface area (Å²) >= 11 is 1.33. The van der Waals surface area contributed by atoms with Gasteiger partial charge in [0.1, 0.15) is 12.0 Å². The molecule has 1 fully saturated rings. The maximum absolute atomic E-state index is 13.8. The number of benzene rings is 2. The van der Waals surface area contributed by atoms with E-state index in [2.05, 4.69) is 63.2 Å². The third kappa shape index (κ3) is 3.93. The first-order chi connectivity index (χ1) is 15.5. The number of nitrogens with zero attached hydrogens (tertiary/aromatic N) is 3. The van der Waals surface area contributed by atoms with Crippen LogP contribution in [0.4, 0.5) is 10.1 Å². The van der Waals surface area contributed by atoms with Crippen molar-refractivity contribution in [3.05, 3.63) is 77.4 Å². The zero-order valence-electron chi connectivity index (χ0n) is 17.9. The fourth-order valence-electron chi connectivity index (χ4n) is 4.37. The number of nitrogens with one attached hydrogen (secondary N) is 3. The van der Waals surface area contributed by atoms with E-state index in [1.54, 1.807) is 18.2 Å². The molecular weight excluding hydrogens is 427 g/mol. The molecule has 3 heterocycles. The van der Waals surface area contributed by atoms with Crippen LogP contribution < -0.4 is 16.2 Å². The van der Waals surface area contributed by atoms with Gasteiger partial charge in [-0.05, 0) is 43.5 Å². The van der Waals surface area contributed by atoms with Gasteiger partial charge >= 0.3 is 0 Å². The van der Waals surface area contributed by atoms with E-state index >= 15 is 0 Å². The summed E-state index contributed by atoms with van der Waals surface area (Å²) in [5.74, 6) is -0.577. The van der Waals surface area contributed by atoms with Crippen LogP contribution in [0.1, 0.15) is 29.2 Å². The van der Waals surface area contributed by atoms with Gasteiger partial charge in [0.25, 0.3) is 0 Å². The minimum absolute atomic E-state index is 0.0141. The second-order valence-corrected chi connectivity index (χ2v) is 9.18.